The fourth-order valence-corrected chi connectivity index (χ4v) is 1.92. The van der Waals surface area contributed by atoms with Gasteiger partial charge in [-0.15, -0.1) is 0 Å². The summed E-state index contributed by atoms with van der Waals surface area (Å²) in [7, 11) is 0. The van der Waals surface area contributed by atoms with E-state index in [0.29, 0.717) is 11.3 Å². The summed E-state index contributed by atoms with van der Waals surface area (Å²) in [5, 5.41) is 9.95. The summed E-state index contributed by atoms with van der Waals surface area (Å²) >= 11 is 0. The number of fused-ring (bicyclic) bond motifs is 1. The minimum atomic E-state index is -1.06. The topological polar surface area (TPSA) is 55.4 Å². The van der Waals surface area contributed by atoms with E-state index in [4.69, 9.17) is 9.52 Å². The third-order valence-electron chi connectivity index (χ3n) is 2.63. The Bertz CT molecular complexity index is 680. The van der Waals surface area contributed by atoms with E-state index >= 15 is 0 Å². The summed E-state index contributed by atoms with van der Waals surface area (Å²) in [5.74, 6) is -1.10. The monoisotopic (exact) mass is 227 g/mol. The zero-order valence-corrected chi connectivity index (χ0v) is 8.83. The third-order valence-corrected chi connectivity index (χ3v) is 2.63. The molecule has 4 nitrogen and oxygen atoms in total. The molecule has 0 atom stereocenters. The Kier molecular flexibility index (Phi) is 2.01. The molecule has 0 aliphatic carbocycles. The number of benzene rings is 1. The predicted octanol–water partition coefficient (Wildman–Crippen LogP) is 2.92. The van der Waals surface area contributed by atoms with Crippen molar-refractivity contribution in [1.29, 1.82) is 0 Å². The molecular weight excluding hydrogens is 218 g/mol. The molecule has 0 aliphatic heterocycles. The van der Waals surface area contributed by atoms with Crippen molar-refractivity contribution in [3.63, 3.8) is 0 Å². The standard InChI is InChI=1S/C13H9NO3/c15-13(16)12-11(14-7-3-4-8-14)9-5-1-2-6-10(9)17-12/h1-8H,(H,15,16). The molecule has 4 heteroatoms. The minimum absolute atomic E-state index is 0.0394. The molecule has 0 radical (unpaired) electrons. The molecule has 0 fully saturated rings. The van der Waals surface area contributed by atoms with Crippen LogP contribution in [0.5, 0.6) is 0 Å². The van der Waals surface area contributed by atoms with Crippen LogP contribution in [0.25, 0.3) is 16.7 Å². The Morgan fingerprint density at radius 1 is 1.12 bits per heavy atom. The largest absolute Gasteiger partial charge is 0.475 e. The smallest absolute Gasteiger partial charge is 0.374 e. The summed E-state index contributed by atoms with van der Waals surface area (Å²) in [6, 6.07) is 11.0. The maximum atomic E-state index is 11.2. The lowest BCUT2D eigenvalue weighted by atomic mass is 10.2. The van der Waals surface area contributed by atoms with Crippen LogP contribution >= 0.6 is 0 Å². The lowest BCUT2D eigenvalue weighted by Crippen LogP contribution is -2.00. The van der Waals surface area contributed by atoms with Crippen molar-refractivity contribution in [2.75, 3.05) is 0 Å². The molecule has 0 saturated heterocycles. The van der Waals surface area contributed by atoms with Crippen LogP contribution in [0.4, 0.5) is 0 Å². The molecule has 3 rings (SSSR count). The van der Waals surface area contributed by atoms with Gasteiger partial charge in [-0.1, -0.05) is 12.1 Å². The summed E-state index contributed by atoms with van der Waals surface area (Å²) in [6.45, 7) is 0. The number of hydrogen-bond acceptors (Lipinski definition) is 2. The SMILES string of the molecule is O=C(O)c1oc2ccccc2c1-n1cccc1. The van der Waals surface area contributed by atoms with Crippen molar-refractivity contribution in [3.05, 3.63) is 54.6 Å². The summed E-state index contributed by atoms with van der Waals surface area (Å²) < 4.78 is 7.11. The van der Waals surface area contributed by atoms with Crippen molar-refractivity contribution in [2.24, 2.45) is 0 Å². The molecule has 0 aliphatic rings. The Morgan fingerprint density at radius 3 is 2.53 bits per heavy atom. The maximum Gasteiger partial charge on any atom is 0.374 e. The highest BCUT2D eigenvalue weighted by Gasteiger charge is 2.20. The number of rotatable bonds is 2. The molecule has 2 aromatic heterocycles. The van der Waals surface area contributed by atoms with Crippen molar-refractivity contribution < 1.29 is 14.3 Å². The van der Waals surface area contributed by atoms with Gasteiger partial charge in [0.15, 0.2) is 0 Å². The maximum absolute atomic E-state index is 11.2. The average molecular weight is 227 g/mol. The van der Waals surface area contributed by atoms with Crippen molar-refractivity contribution in [1.82, 2.24) is 4.57 Å². The average Bonchev–Trinajstić information content (AvgIpc) is 2.94. The Morgan fingerprint density at radius 2 is 1.82 bits per heavy atom. The number of aromatic nitrogens is 1. The van der Waals surface area contributed by atoms with Crippen LogP contribution in [0.15, 0.2) is 53.2 Å². The van der Waals surface area contributed by atoms with Gasteiger partial charge < -0.3 is 14.1 Å². The fraction of sp³-hybridized carbons (Fsp3) is 0. The second-order valence-corrected chi connectivity index (χ2v) is 3.67. The highest BCUT2D eigenvalue weighted by atomic mass is 16.4. The van der Waals surface area contributed by atoms with Gasteiger partial charge in [-0.3, -0.25) is 0 Å². The molecule has 2 heterocycles. The number of para-hydroxylation sites is 1. The van der Waals surface area contributed by atoms with Gasteiger partial charge >= 0.3 is 5.97 Å². The van der Waals surface area contributed by atoms with Gasteiger partial charge in [0, 0.05) is 17.8 Å². The number of carboxylic acids is 1. The van der Waals surface area contributed by atoms with Crippen LogP contribution in [0, 0.1) is 0 Å². The van der Waals surface area contributed by atoms with Gasteiger partial charge in [0.1, 0.15) is 11.3 Å². The Balaban J connectivity index is 2.40. The zero-order chi connectivity index (χ0) is 11.8. The minimum Gasteiger partial charge on any atom is -0.475 e. The van der Waals surface area contributed by atoms with Gasteiger partial charge in [0.05, 0.1) is 0 Å². The first-order valence-corrected chi connectivity index (χ1v) is 5.15. The molecule has 0 unspecified atom stereocenters. The second kappa shape index (κ2) is 3.52. The molecule has 0 saturated carbocycles. The van der Waals surface area contributed by atoms with Crippen LogP contribution in [0.3, 0.4) is 0 Å². The van der Waals surface area contributed by atoms with Gasteiger partial charge in [-0.05, 0) is 24.3 Å². The molecule has 1 aromatic carbocycles. The van der Waals surface area contributed by atoms with Gasteiger partial charge in [-0.25, -0.2) is 4.79 Å². The number of carboxylic acid groups (broad SMARTS) is 1. The molecule has 0 bridgehead atoms. The number of hydrogen-bond donors (Lipinski definition) is 1. The molecule has 1 N–H and O–H groups in total. The van der Waals surface area contributed by atoms with E-state index in [1.54, 1.807) is 23.0 Å². The second-order valence-electron chi connectivity index (χ2n) is 3.67. The van der Waals surface area contributed by atoms with Crippen molar-refractivity contribution in [2.45, 2.75) is 0 Å². The molecule has 17 heavy (non-hydrogen) atoms. The normalized spacial score (nSPS) is 10.8. The van der Waals surface area contributed by atoms with E-state index < -0.39 is 5.97 Å². The molecule has 0 spiro atoms. The zero-order valence-electron chi connectivity index (χ0n) is 8.83. The first-order chi connectivity index (χ1) is 8.27. The van der Waals surface area contributed by atoms with Crippen LogP contribution in [-0.4, -0.2) is 15.6 Å². The number of aromatic carboxylic acids is 1. The lowest BCUT2D eigenvalue weighted by Gasteiger charge is -2.00. The number of carbonyl (C=O) groups is 1. The van der Waals surface area contributed by atoms with E-state index in [-0.39, 0.29) is 5.76 Å². The lowest BCUT2D eigenvalue weighted by molar-refractivity contribution is 0.0665. The van der Waals surface area contributed by atoms with E-state index in [0.717, 1.165) is 5.39 Å². The number of nitrogens with zero attached hydrogens (tertiary/aromatic N) is 1. The van der Waals surface area contributed by atoms with E-state index in [1.165, 1.54) is 0 Å². The fourth-order valence-electron chi connectivity index (χ4n) is 1.92. The molecule has 84 valence electrons. The molecule has 3 aromatic rings. The first kappa shape index (κ1) is 9.72. The highest BCUT2D eigenvalue weighted by molar-refractivity contribution is 5.99. The van der Waals surface area contributed by atoms with E-state index in [9.17, 15) is 4.79 Å². The Hall–Kier alpha value is -2.49. The van der Waals surface area contributed by atoms with Crippen LogP contribution in [-0.2, 0) is 0 Å². The molecule has 0 amide bonds. The van der Waals surface area contributed by atoms with Gasteiger partial charge in [-0.2, -0.15) is 0 Å². The Labute approximate surface area is 96.7 Å². The van der Waals surface area contributed by atoms with E-state index in [2.05, 4.69) is 0 Å². The van der Waals surface area contributed by atoms with Crippen LogP contribution < -0.4 is 0 Å². The number of furan rings is 1. The van der Waals surface area contributed by atoms with Gasteiger partial charge in [0.2, 0.25) is 5.76 Å². The summed E-state index contributed by atoms with van der Waals surface area (Å²) in [6.07, 6.45) is 3.59. The summed E-state index contributed by atoms with van der Waals surface area (Å²) in [4.78, 5) is 11.2. The quantitative estimate of drug-likeness (QED) is 0.732. The van der Waals surface area contributed by atoms with Gasteiger partial charge in [0.25, 0.3) is 0 Å². The van der Waals surface area contributed by atoms with Crippen molar-refractivity contribution >= 4 is 16.9 Å². The van der Waals surface area contributed by atoms with Crippen molar-refractivity contribution in [3.8, 4) is 5.69 Å². The summed E-state index contributed by atoms with van der Waals surface area (Å²) in [5.41, 5.74) is 1.15. The highest BCUT2D eigenvalue weighted by Crippen LogP contribution is 2.29. The third kappa shape index (κ3) is 1.42. The molecular formula is C13H9NO3. The first-order valence-electron chi connectivity index (χ1n) is 5.15. The predicted molar refractivity (Wildman–Crippen MR) is 62.5 cm³/mol. The van der Waals surface area contributed by atoms with Crippen LogP contribution in [0.2, 0.25) is 0 Å². The van der Waals surface area contributed by atoms with Crippen LogP contribution in [0.1, 0.15) is 10.6 Å². The van der Waals surface area contributed by atoms with E-state index in [1.807, 2.05) is 30.3 Å².